The van der Waals surface area contributed by atoms with Crippen molar-refractivity contribution in [3.8, 4) is 0 Å². The molecule has 0 fully saturated rings. The molecule has 0 saturated carbocycles. The van der Waals surface area contributed by atoms with Crippen LogP contribution in [0.5, 0.6) is 0 Å². The van der Waals surface area contributed by atoms with E-state index in [0.29, 0.717) is 16.8 Å². The van der Waals surface area contributed by atoms with E-state index in [1.165, 1.54) is 11.0 Å². The number of rotatable bonds is 3. The molecule has 2 aromatic carbocycles. The average Bonchev–Trinajstić information content (AvgIpc) is 2.73. The Morgan fingerprint density at radius 1 is 1.09 bits per heavy atom. The third kappa shape index (κ3) is 3.79. The Kier molecular flexibility index (Phi) is 5.36. The summed E-state index contributed by atoms with van der Waals surface area (Å²) in [5.74, 6) is -2.03. The van der Waals surface area contributed by atoms with E-state index in [1.807, 2.05) is 0 Å². The fourth-order valence-corrected chi connectivity index (χ4v) is 4.49. The zero-order chi connectivity index (χ0) is 23.3. The van der Waals surface area contributed by atoms with Crippen molar-refractivity contribution in [2.45, 2.75) is 42.8 Å². The number of anilines is 2. The summed E-state index contributed by atoms with van der Waals surface area (Å²) < 4.78 is 40.0. The molecule has 0 aliphatic carbocycles. The summed E-state index contributed by atoms with van der Waals surface area (Å²) in [7, 11) is 0. The lowest BCUT2D eigenvalue weighted by atomic mass is 9.96. The van der Waals surface area contributed by atoms with Crippen molar-refractivity contribution in [2.75, 3.05) is 10.2 Å². The monoisotopic (exact) mass is 460 g/mol. The lowest BCUT2D eigenvalue weighted by Crippen LogP contribution is -2.60. The molecule has 10 heteroatoms. The fraction of sp³-hybridized carbons (Fsp3) is 0.273. The molecule has 166 valence electrons. The van der Waals surface area contributed by atoms with E-state index in [1.54, 1.807) is 63.2 Å². The van der Waals surface area contributed by atoms with Gasteiger partial charge in [-0.1, -0.05) is 42.1 Å². The van der Waals surface area contributed by atoms with Crippen LogP contribution in [0.25, 0.3) is 10.9 Å². The van der Waals surface area contributed by atoms with Crippen molar-refractivity contribution in [1.82, 2.24) is 9.97 Å². The van der Waals surface area contributed by atoms with E-state index in [2.05, 4.69) is 15.3 Å². The molecule has 1 unspecified atom stereocenters. The molecular formula is C22H19F3N4O2S. The van der Waals surface area contributed by atoms with Gasteiger partial charge in [-0.2, -0.15) is 13.2 Å². The Balaban J connectivity index is 1.73. The number of benzene rings is 2. The molecule has 0 spiro atoms. The van der Waals surface area contributed by atoms with Gasteiger partial charge in [0.1, 0.15) is 10.6 Å². The van der Waals surface area contributed by atoms with Crippen LogP contribution in [0, 0.1) is 0 Å². The van der Waals surface area contributed by atoms with Crippen molar-refractivity contribution in [3.63, 3.8) is 0 Å². The highest BCUT2D eigenvalue weighted by atomic mass is 32.2. The predicted molar refractivity (Wildman–Crippen MR) is 116 cm³/mol. The quantitative estimate of drug-likeness (QED) is 0.445. The van der Waals surface area contributed by atoms with Crippen LogP contribution < -0.4 is 10.2 Å². The Labute approximate surface area is 186 Å². The van der Waals surface area contributed by atoms with E-state index in [4.69, 9.17) is 0 Å². The van der Waals surface area contributed by atoms with E-state index >= 15 is 0 Å². The Morgan fingerprint density at radius 2 is 1.75 bits per heavy atom. The van der Waals surface area contributed by atoms with Crippen LogP contribution in [0.3, 0.4) is 0 Å². The molecule has 4 rings (SSSR count). The molecule has 3 aromatic rings. The van der Waals surface area contributed by atoms with E-state index in [0.717, 1.165) is 11.8 Å². The number of carbonyl (C=O) groups excluding carboxylic acids is 2. The van der Waals surface area contributed by atoms with Crippen LogP contribution in [0.1, 0.15) is 26.6 Å². The third-order valence-electron chi connectivity index (χ3n) is 5.19. The van der Waals surface area contributed by atoms with Gasteiger partial charge in [-0.3, -0.25) is 14.5 Å². The number of hydrogen-bond donors (Lipinski definition) is 1. The smallest absolute Gasteiger partial charge is 0.322 e. The summed E-state index contributed by atoms with van der Waals surface area (Å²) in [6.07, 6.45) is -4.72. The van der Waals surface area contributed by atoms with Crippen LogP contribution in [0.4, 0.5) is 24.5 Å². The summed E-state index contributed by atoms with van der Waals surface area (Å²) in [6.45, 7) is 4.83. The minimum absolute atomic E-state index is 0.0522. The number of alkyl halides is 3. The van der Waals surface area contributed by atoms with Gasteiger partial charge in [-0.05, 0) is 39.0 Å². The molecule has 6 nitrogen and oxygen atoms in total. The fourth-order valence-electron chi connectivity index (χ4n) is 3.51. The van der Waals surface area contributed by atoms with Crippen LogP contribution in [0.2, 0.25) is 0 Å². The maximum Gasteiger partial charge on any atom is 0.451 e. The zero-order valence-electron chi connectivity index (χ0n) is 17.4. The maximum absolute atomic E-state index is 13.5. The second-order valence-corrected chi connectivity index (χ2v) is 9.16. The molecule has 1 aromatic heterocycles. The molecule has 2 amide bonds. The van der Waals surface area contributed by atoms with Gasteiger partial charge < -0.3 is 5.32 Å². The molecule has 0 saturated heterocycles. The Morgan fingerprint density at radius 3 is 2.47 bits per heavy atom. The van der Waals surface area contributed by atoms with E-state index in [9.17, 15) is 22.8 Å². The first-order valence-electron chi connectivity index (χ1n) is 9.75. The molecule has 1 aliphatic rings. The highest BCUT2D eigenvalue weighted by Crippen LogP contribution is 2.40. The van der Waals surface area contributed by atoms with E-state index < -0.39 is 28.7 Å². The highest BCUT2D eigenvalue weighted by Gasteiger charge is 2.45. The van der Waals surface area contributed by atoms with Gasteiger partial charge >= 0.3 is 6.18 Å². The van der Waals surface area contributed by atoms with E-state index in [-0.39, 0.29) is 16.4 Å². The number of fused-ring (bicyclic) bond motifs is 2. The van der Waals surface area contributed by atoms with Gasteiger partial charge in [-0.25, -0.2) is 9.97 Å². The number of nitrogens with one attached hydrogen (secondary N) is 1. The number of hydrogen-bond acceptors (Lipinski definition) is 5. The van der Waals surface area contributed by atoms with Gasteiger partial charge in [0.05, 0.1) is 22.1 Å². The van der Waals surface area contributed by atoms with Gasteiger partial charge in [0, 0.05) is 5.39 Å². The summed E-state index contributed by atoms with van der Waals surface area (Å²) >= 11 is 0.908. The van der Waals surface area contributed by atoms with Crippen molar-refractivity contribution in [2.24, 2.45) is 0 Å². The second kappa shape index (κ2) is 7.77. The molecule has 1 N–H and O–H groups in total. The lowest BCUT2D eigenvalue weighted by molar-refractivity contribution is -0.145. The highest BCUT2D eigenvalue weighted by molar-refractivity contribution is 8.00. The first-order valence-corrected chi connectivity index (χ1v) is 10.6. The van der Waals surface area contributed by atoms with Gasteiger partial charge in [0.15, 0.2) is 0 Å². The summed E-state index contributed by atoms with van der Waals surface area (Å²) in [4.78, 5) is 34.9. The number of carbonyl (C=O) groups is 2. The number of aromatic nitrogens is 2. The first-order chi connectivity index (χ1) is 15.0. The molecule has 0 bridgehead atoms. The van der Waals surface area contributed by atoms with Crippen LogP contribution in [0.15, 0.2) is 53.6 Å². The minimum atomic E-state index is -4.72. The first kappa shape index (κ1) is 22.1. The summed E-state index contributed by atoms with van der Waals surface area (Å²) in [5, 5.41) is 2.43. The van der Waals surface area contributed by atoms with Crippen LogP contribution in [-0.2, 0) is 15.8 Å². The number of para-hydroxylation sites is 3. The number of halogens is 3. The van der Waals surface area contributed by atoms with Crippen molar-refractivity contribution >= 4 is 45.9 Å². The largest absolute Gasteiger partial charge is 0.451 e. The van der Waals surface area contributed by atoms with Crippen LogP contribution in [-0.4, -0.2) is 32.6 Å². The van der Waals surface area contributed by atoms with Crippen molar-refractivity contribution < 1.29 is 22.8 Å². The zero-order valence-corrected chi connectivity index (χ0v) is 18.2. The molecule has 1 aliphatic heterocycles. The van der Waals surface area contributed by atoms with Gasteiger partial charge in [0.25, 0.3) is 0 Å². The number of nitrogens with zero attached hydrogens (tertiary/aromatic N) is 3. The Hall–Kier alpha value is -3.14. The van der Waals surface area contributed by atoms with Gasteiger partial charge in [-0.15, -0.1) is 0 Å². The van der Waals surface area contributed by atoms with Gasteiger partial charge in [0.2, 0.25) is 17.6 Å². The van der Waals surface area contributed by atoms with Crippen LogP contribution >= 0.6 is 11.8 Å². The molecule has 1 atom stereocenters. The maximum atomic E-state index is 13.5. The second-order valence-electron chi connectivity index (χ2n) is 7.83. The summed E-state index contributed by atoms with van der Waals surface area (Å²) in [5.41, 5.74) is -0.0298. The minimum Gasteiger partial charge on any atom is -0.322 e. The molecule has 32 heavy (non-hydrogen) atoms. The Bertz CT molecular complexity index is 1230. The number of amides is 2. The average molecular weight is 460 g/mol. The summed E-state index contributed by atoms with van der Waals surface area (Å²) in [6, 6.07) is 13.2. The number of thioether (sulfide) groups is 1. The molecular weight excluding hydrogens is 441 g/mol. The molecule has 0 radical (unpaired) electrons. The normalized spacial score (nSPS) is 16.4. The predicted octanol–water partition coefficient (Wildman–Crippen LogP) is 4.89. The molecule has 2 heterocycles. The lowest BCUT2D eigenvalue weighted by Gasteiger charge is -2.43. The van der Waals surface area contributed by atoms with Crippen molar-refractivity contribution in [3.05, 3.63) is 54.4 Å². The SMILES string of the molecule is CC(Sc1nc(C(F)(F)F)nc2ccccc12)C(=O)N1c2ccccc2NC(=O)C1(C)C. The third-order valence-corrected chi connectivity index (χ3v) is 6.28. The standard InChI is InChI=1S/C22H19F3N4O2S/c1-12(18(30)29-16-11-7-6-10-15(16)27-20(31)21(29,2)3)32-17-13-8-4-5-9-14(13)26-19(28-17)22(23,24)25/h4-12H,1-3H3,(H,27,31). The van der Waals surface area contributed by atoms with Crippen molar-refractivity contribution in [1.29, 1.82) is 0 Å². The topological polar surface area (TPSA) is 75.2 Å².